The van der Waals surface area contributed by atoms with Gasteiger partial charge in [0.05, 0.1) is 6.10 Å². The van der Waals surface area contributed by atoms with Crippen LogP contribution in [-0.4, -0.2) is 48.1 Å². The minimum Gasteiger partial charge on any atom is -0.481 e. The van der Waals surface area contributed by atoms with Gasteiger partial charge in [0.15, 0.2) is 0 Å². The minimum atomic E-state index is -4.17. The van der Waals surface area contributed by atoms with E-state index >= 15 is 0 Å². The zero-order valence-electron chi connectivity index (χ0n) is 14.0. The van der Waals surface area contributed by atoms with Crippen molar-refractivity contribution >= 4 is 16.0 Å². The van der Waals surface area contributed by atoms with E-state index in [1.165, 1.54) is 12.1 Å². The summed E-state index contributed by atoms with van der Waals surface area (Å²) in [6.45, 7) is 1.29. The Morgan fingerprint density at radius 2 is 2.04 bits per heavy atom. The van der Waals surface area contributed by atoms with E-state index in [2.05, 4.69) is 0 Å². The van der Waals surface area contributed by atoms with Crippen molar-refractivity contribution in [2.24, 2.45) is 11.3 Å². The summed E-state index contributed by atoms with van der Waals surface area (Å²) in [6, 6.07) is 3.85. The summed E-state index contributed by atoms with van der Waals surface area (Å²) >= 11 is 0. The fraction of sp³-hybridized carbons (Fsp3) is 0.588. The predicted octanol–water partition coefficient (Wildman–Crippen LogP) is 1.76. The largest absolute Gasteiger partial charge is 0.481 e. The van der Waals surface area contributed by atoms with Crippen molar-refractivity contribution in [3.8, 4) is 0 Å². The Balaban J connectivity index is 1.95. The SMILES string of the molecule is Cc1ccc(S(=O)(=O)N2CCC(O)[C@@](CC3CC3)(C(=O)O)C2)c(F)c1. The van der Waals surface area contributed by atoms with Crippen molar-refractivity contribution in [1.29, 1.82) is 0 Å². The lowest BCUT2D eigenvalue weighted by molar-refractivity contribution is -0.162. The van der Waals surface area contributed by atoms with Gasteiger partial charge in [-0.15, -0.1) is 0 Å². The third-order valence-electron chi connectivity index (χ3n) is 5.23. The number of sulfonamides is 1. The maximum Gasteiger partial charge on any atom is 0.313 e. The number of halogens is 1. The lowest BCUT2D eigenvalue weighted by Crippen LogP contribution is -2.57. The van der Waals surface area contributed by atoms with Gasteiger partial charge in [-0.05, 0) is 43.4 Å². The summed E-state index contributed by atoms with van der Waals surface area (Å²) in [7, 11) is -4.17. The number of hydrogen-bond acceptors (Lipinski definition) is 4. The Hall–Kier alpha value is -1.51. The highest BCUT2D eigenvalue weighted by Crippen LogP contribution is 2.45. The summed E-state index contributed by atoms with van der Waals surface area (Å²) in [5.74, 6) is -1.85. The van der Waals surface area contributed by atoms with E-state index in [4.69, 9.17) is 0 Å². The van der Waals surface area contributed by atoms with Crippen molar-refractivity contribution < 1.29 is 27.8 Å². The molecule has 1 saturated carbocycles. The average molecular weight is 371 g/mol. The van der Waals surface area contributed by atoms with Crippen molar-refractivity contribution in [3.63, 3.8) is 0 Å². The quantitative estimate of drug-likeness (QED) is 0.822. The average Bonchev–Trinajstić information content (AvgIpc) is 3.32. The van der Waals surface area contributed by atoms with Gasteiger partial charge in [0.25, 0.3) is 0 Å². The molecule has 1 saturated heterocycles. The first-order valence-corrected chi connectivity index (χ1v) is 9.78. The second kappa shape index (κ2) is 6.34. The molecule has 1 aliphatic carbocycles. The van der Waals surface area contributed by atoms with Crippen LogP contribution in [0.25, 0.3) is 0 Å². The van der Waals surface area contributed by atoms with E-state index in [1.807, 2.05) is 0 Å². The molecule has 0 amide bonds. The molecule has 2 N–H and O–H groups in total. The second-order valence-electron chi connectivity index (χ2n) is 7.19. The standard InChI is InChI=1S/C17H22FNO5S/c1-11-2-5-14(13(18)8-11)25(23,24)19-7-6-15(20)17(10-19,16(21)22)9-12-3-4-12/h2,5,8,12,15,20H,3-4,6-7,9-10H2,1H3,(H,21,22)/t15?,17-/m0/s1. The predicted molar refractivity (Wildman–Crippen MR) is 87.9 cm³/mol. The molecule has 2 atom stereocenters. The van der Waals surface area contributed by atoms with Gasteiger partial charge in [-0.25, -0.2) is 12.8 Å². The molecule has 0 radical (unpaired) electrons. The number of carbonyl (C=O) groups is 1. The van der Waals surface area contributed by atoms with Crippen LogP contribution in [0.2, 0.25) is 0 Å². The Labute approximate surface area is 146 Å². The van der Waals surface area contributed by atoms with Gasteiger partial charge in [-0.2, -0.15) is 4.31 Å². The summed E-state index contributed by atoms with van der Waals surface area (Å²) in [5, 5.41) is 20.1. The molecule has 0 aromatic heterocycles. The number of carboxylic acids is 1. The van der Waals surface area contributed by atoms with Gasteiger partial charge in [0.2, 0.25) is 10.0 Å². The van der Waals surface area contributed by atoms with E-state index in [1.54, 1.807) is 6.92 Å². The zero-order chi connectivity index (χ0) is 18.4. The molecule has 25 heavy (non-hydrogen) atoms. The first-order valence-electron chi connectivity index (χ1n) is 8.34. The van der Waals surface area contributed by atoms with E-state index in [0.717, 1.165) is 23.2 Å². The van der Waals surface area contributed by atoms with Crippen LogP contribution in [0.15, 0.2) is 23.1 Å². The fourth-order valence-corrected chi connectivity index (χ4v) is 5.11. The van der Waals surface area contributed by atoms with Crippen molar-refractivity contribution in [2.45, 2.75) is 43.6 Å². The summed E-state index contributed by atoms with van der Waals surface area (Å²) in [6.07, 6.45) is 0.930. The van der Waals surface area contributed by atoms with Crippen molar-refractivity contribution in [3.05, 3.63) is 29.6 Å². The van der Waals surface area contributed by atoms with Crippen LogP contribution >= 0.6 is 0 Å². The molecule has 1 heterocycles. The lowest BCUT2D eigenvalue weighted by atomic mass is 9.74. The topological polar surface area (TPSA) is 94.9 Å². The highest BCUT2D eigenvalue weighted by molar-refractivity contribution is 7.89. The molecule has 0 spiro atoms. The van der Waals surface area contributed by atoms with Crippen LogP contribution in [0.4, 0.5) is 4.39 Å². The van der Waals surface area contributed by atoms with E-state index < -0.39 is 38.2 Å². The maximum absolute atomic E-state index is 14.2. The lowest BCUT2D eigenvalue weighted by Gasteiger charge is -2.42. The molecular weight excluding hydrogens is 349 g/mol. The third kappa shape index (κ3) is 3.30. The number of rotatable bonds is 5. The van der Waals surface area contributed by atoms with Crippen LogP contribution in [-0.2, 0) is 14.8 Å². The Morgan fingerprint density at radius 1 is 1.36 bits per heavy atom. The van der Waals surface area contributed by atoms with Gasteiger partial charge in [-0.3, -0.25) is 4.79 Å². The minimum absolute atomic E-state index is 0.0196. The van der Waals surface area contributed by atoms with Crippen LogP contribution in [0.5, 0.6) is 0 Å². The summed E-state index contributed by atoms with van der Waals surface area (Å²) in [4.78, 5) is 11.5. The number of nitrogens with zero attached hydrogens (tertiary/aromatic N) is 1. The summed E-state index contributed by atoms with van der Waals surface area (Å²) in [5.41, 5.74) is -0.938. The van der Waals surface area contributed by atoms with Gasteiger partial charge >= 0.3 is 5.97 Å². The van der Waals surface area contributed by atoms with E-state index in [0.29, 0.717) is 5.56 Å². The molecule has 3 rings (SSSR count). The number of hydrogen-bond donors (Lipinski definition) is 2. The van der Waals surface area contributed by atoms with Gasteiger partial charge in [-0.1, -0.05) is 18.9 Å². The number of aliphatic hydroxyl groups excluding tert-OH is 1. The van der Waals surface area contributed by atoms with Crippen LogP contribution in [0, 0.1) is 24.1 Å². The van der Waals surface area contributed by atoms with Gasteiger partial charge in [0, 0.05) is 13.1 Å². The number of benzene rings is 1. The molecule has 138 valence electrons. The number of carboxylic acid groups (broad SMARTS) is 1. The number of aliphatic carboxylic acids is 1. The molecule has 6 nitrogen and oxygen atoms in total. The van der Waals surface area contributed by atoms with E-state index in [9.17, 15) is 27.8 Å². The van der Waals surface area contributed by atoms with Crippen LogP contribution in [0.3, 0.4) is 0 Å². The molecule has 8 heteroatoms. The number of aliphatic hydroxyl groups is 1. The smallest absolute Gasteiger partial charge is 0.313 e. The first kappa shape index (κ1) is 18.3. The molecule has 1 unspecified atom stereocenters. The van der Waals surface area contributed by atoms with Gasteiger partial charge in [0.1, 0.15) is 16.1 Å². The second-order valence-corrected chi connectivity index (χ2v) is 9.09. The molecule has 1 aliphatic heterocycles. The molecular formula is C17H22FNO5S. The summed E-state index contributed by atoms with van der Waals surface area (Å²) < 4.78 is 40.9. The molecule has 2 fully saturated rings. The Morgan fingerprint density at radius 3 is 2.60 bits per heavy atom. The van der Waals surface area contributed by atoms with E-state index in [-0.39, 0.29) is 31.8 Å². The van der Waals surface area contributed by atoms with Gasteiger partial charge < -0.3 is 10.2 Å². The molecule has 2 aliphatic rings. The normalized spacial score (nSPS) is 28.0. The molecule has 0 bridgehead atoms. The fourth-order valence-electron chi connectivity index (χ4n) is 3.54. The van der Waals surface area contributed by atoms with Crippen molar-refractivity contribution in [2.75, 3.05) is 13.1 Å². The number of aryl methyl sites for hydroxylation is 1. The highest BCUT2D eigenvalue weighted by atomic mass is 32.2. The Kier molecular flexibility index (Phi) is 4.63. The van der Waals surface area contributed by atoms with Crippen molar-refractivity contribution in [1.82, 2.24) is 4.31 Å². The third-order valence-corrected chi connectivity index (χ3v) is 7.11. The first-order chi connectivity index (χ1) is 11.7. The van der Waals surface area contributed by atoms with Crippen LogP contribution < -0.4 is 0 Å². The van der Waals surface area contributed by atoms with Crippen LogP contribution in [0.1, 0.15) is 31.2 Å². The number of piperidine rings is 1. The highest BCUT2D eigenvalue weighted by Gasteiger charge is 2.53. The monoisotopic (exact) mass is 371 g/mol. The zero-order valence-corrected chi connectivity index (χ0v) is 14.8. The molecule has 1 aromatic rings. The Bertz CT molecular complexity index is 792. The molecule has 1 aromatic carbocycles. The maximum atomic E-state index is 14.2.